The normalized spacial score (nSPS) is 20.1. The van der Waals surface area contributed by atoms with Crippen molar-refractivity contribution in [1.29, 1.82) is 0 Å². The number of ether oxygens (including phenoxy) is 2. The molecule has 9 nitrogen and oxygen atoms in total. The third kappa shape index (κ3) is 36.2. The largest absolute Gasteiger partial charge is 0.394 e. The molecule has 0 spiro atoms. The number of amides is 1. The van der Waals surface area contributed by atoms with Crippen LogP contribution in [0.3, 0.4) is 0 Å². The maximum Gasteiger partial charge on any atom is 0.220 e. The fourth-order valence-electron chi connectivity index (χ4n) is 8.65. The average Bonchev–Trinajstić information content (AvgIpc) is 3.32. The van der Waals surface area contributed by atoms with Crippen LogP contribution in [-0.4, -0.2) is 87.5 Å². The van der Waals surface area contributed by atoms with E-state index in [0.29, 0.717) is 6.42 Å². The molecule has 0 aromatic carbocycles. The van der Waals surface area contributed by atoms with Gasteiger partial charge in [-0.05, 0) is 70.6 Å². The lowest BCUT2D eigenvalue weighted by Gasteiger charge is -2.40. The van der Waals surface area contributed by atoms with Gasteiger partial charge >= 0.3 is 0 Å². The van der Waals surface area contributed by atoms with Crippen LogP contribution in [0.15, 0.2) is 48.6 Å². The van der Waals surface area contributed by atoms with Crippen LogP contribution < -0.4 is 5.32 Å². The predicted molar refractivity (Wildman–Crippen MR) is 276 cm³/mol. The van der Waals surface area contributed by atoms with Crippen molar-refractivity contribution in [3.63, 3.8) is 0 Å². The topological polar surface area (TPSA) is 149 Å². The van der Waals surface area contributed by atoms with Crippen LogP contribution in [-0.2, 0) is 14.3 Å². The van der Waals surface area contributed by atoms with Crippen LogP contribution in [0.2, 0.25) is 0 Å². The molecule has 1 rings (SSSR count). The molecule has 0 radical (unpaired) electrons. The third-order valence-electron chi connectivity index (χ3n) is 13.1. The number of hydrogen-bond acceptors (Lipinski definition) is 8. The SMILES string of the molecule is CCCCCCCC/C=C/CC/C=C/CC/C=C/C(O)C(COC1OC(CO)C(O)C(O)C1O)NC(=O)CCCCCCCCCCCCC/C=C\CCCCCCCCCCCCCC. The minimum Gasteiger partial charge on any atom is -0.394 e. The summed E-state index contributed by atoms with van der Waals surface area (Å²) in [5.74, 6) is -0.191. The van der Waals surface area contributed by atoms with Gasteiger partial charge in [0.25, 0.3) is 0 Å². The summed E-state index contributed by atoms with van der Waals surface area (Å²) in [5.41, 5.74) is 0. The molecule has 1 aliphatic rings. The number of unbranched alkanes of at least 4 members (excludes halogenated alkanes) is 31. The summed E-state index contributed by atoms with van der Waals surface area (Å²) in [5, 5.41) is 54.4. The lowest BCUT2D eigenvalue weighted by molar-refractivity contribution is -0.302. The Bertz CT molecular complexity index is 1170. The highest BCUT2D eigenvalue weighted by molar-refractivity contribution is 5.76. The highest BCUT2D eigenvalue weighted by Gasteiger charge is 2.44. The highest BCUT2D eigenvalue weighted by Crippen LogP contribution is 2.23. The summed E-state index contributed by atoms with van der Waals surface area (Å²) >= 11 is 0. The predicted octanol–water partition coefficient (Wildman–Crippen LogP) is 13.3. The van der Waals surface area contributed by atoms with Crippen LogP contribution in [0.1, 0.15) is 251 Å². The first-order chi connectivity index (χ1) is 32.3. The number of nitrogens with one attached hydrogen (secondary N) is 1. The van der Waals surface area contributed by atoms with E-state index in [9.17, 15) is 30.3 Å². The summed E-state index contributed by atoms with van der Waals surface area (Å²) in [4.78, 5) is 13.0. The first-order valence-electron chi connectivity index (χ1n) is 27.9. The Morgan fingerprint density at radius 3 is 1.27 bits per heavy atom. The Balaban J connectivity index is 2.23. The van der Waals surface area contributed by atoms with Crippen LogP contribution >= 0.6 is 0 Å². The second-order valence-electron chi connectivity index (χ2n) is 19.4. The first kappa shape index (κ1) is 62.2. The summed E-state index contributed by atoms with van der Waals surface area (Å²) < 4.78 is 11.2. The second kappa shape index (κ2) is 46.9. The van der Waals surface area contributed by atoms with E-state index in [-0.39, 0.29) is 12.5 Å². The number of carbonyl (C=O) groups excluding carboxylic acids is 1. The molecular weight excluding hydrogens is 827 g/mol. The van der Waals surface area contributed by atoms with Gasteiger partial charge in [-0.3, -0.25) is 4.79 Å². The molecule has 7 unspecified atom stereocenters. The molecule has 0 aliphatic carbocycles. The van der Waals surface area contributed by atoms with Crippen molar-refractivity contribution in [2.45, 2.75) is 294 Å². The zero-order valence-corrected chi connectivity index (χ0v) is 42.7. The van der Waals surface area contributed by atoms with E-state index in [1.807, 2.05) is 6.08 Å². The molecule has 0 aromatic rings. The van der Waals surface area contributed by atoms with Gasteiger partial charge in [0.15, 0.2) is 6.29 Å². The van der Waals surface area contributed by atoms with Crippen molar-refractivity contribution >= 4 is 5.91 Å². The van der Waals surface area contributed by atoms with E-state index in [2.05, 4.69) is 55.6 Å². The molecule has 1 heterocycles. The number of rotatable bonds is 47. The summed E-state index contributed by atoms with van der Waals surface area (Å²) in [6.45, 7) is 3.76. The van der Waals surface area contributed by atoms with Gasteiger partial charge in [0.05, 0.1) is 25.4 Å². The van der Waals surface area contributed by atoms with E-state index in [4.69, 9.17) is 9.47 Å². The number of allylic oxidation sites excluding steroid dienone is 7. The Labute approximate surface area is 405 Å². The minimum atomic E-state index is -1.57. The quantitative estimate of drug-likeness (QED) is 0.0261. The minimum absolute atomic E-state index is 0.191. The van der Waals surface area contributed by atoms with Crippen molar-refractivity contribution in [2.24, 2.45) is 0 Å². The molecule has 9 heteroatoms. The molecule has 6 N–H and O–H groups in total. The molecule has 1 amide bonds. The Kier molecular flexibility index (Phi) is 44.1. The van der Waals surface area contributed by atoms with Gasteiger partial charge in [0.2, 0.25) is 5.91 Å². The molecule has 7 atom stereocenters. The van der Waals surface area contributed by atoms with Crippen LogP contribution in [0.5, 0.6) is 0 Å². The summed E-state index contributed by atoms with van der Waals surface area (Å²) in [6.07, 6.45) is 54.6. The van der Waals surface area contributed by atoms with Crippen LogP contribution in [0.25, 0.3) is 0 Å². The zero-order valence-electron chi connectivity index (χ0n) is 42.7. The Hall–Kier alpha value is -1.85. The van der Waals surface area contributed by atoms with Gasteiger partial charge in [-0.25, -0.2) is 0 Å². The fraction of sp³-hybridized carbons (Fsp3) is 0.842. The third-order valence-corrected chi connectivity index (χ3v) is 13.1. The number of aliphatic hydroxyl groups excluding tert-OH is 5. The van der Waals surface area contributed by atoms with E-state index < -0.39 is 49.5 Å². The monoisotopic (exact) mass is 932 g/mol. The van der Waals surface area contributed by atoms with E-state index in [1.54, 1.807) is 6.08 Å². The van der Waals surface area contributed by atoms with Crippen molar-refractivity contribution in [3.8, 4) is 0 Å². The molecule has 0 saturated carbocycles. The fourth-order valence-corrected chi connectivity index (χ4v) is 8.65. The second-order valence-corrected chi connectivity index (χ2v) is 19.4. The number of aliphatic hydroxyl groups is 5. The number of carbonyl (C=O) groups is 1. The standard InChI is InChI=1S/C57H105NO8/c1-3-5-7-9-11-13-15-17-19-21-22-23-24-25-26-27-28-29-30-31-33-35-37-39-41-43-45-47-53(61)58-50(49-65-57-56(64)55(63)54(62)52(48-59)66-57)51(60)46-44-42-40-38-36-34-32-20-18-16-14-12-10-8-6-4-2/h18,20,25-26,36,38,44,46,50-52,54-57,59-60,62-64H,3-17,19,21-24,27-35,37,39-43,45,47-49H2,1-2H3,(H,58,61)/b20-18+,26-25-,38-36+,46-44+. The van der Waals surface area contributed by atoms with Crippen molar-refractivity contribution in [1.82, 2.24) is 5.32 Å². The van der Waals surface area contributed by atoms with Crippen molar-refractivity contribution in [2.75, 3.05) is 13.2 Å². The Morgan fingerprint density at radius 1 is 0.500 bits per heavy atom. The molecular formula is C57H105NO8. The van der Waals surface area contributed by atoms with Gasteiger partial charge < -0.3 is 40.3 Å². The summed E-state index contributed by atoms with van der Waals surface area (Å²) in [6, 6.07) is -0.829. The van der Waals surface area contributed by atoms with Crippen LogP contribution in [0.4, 0.5) is 0 Å². The van der Waals surface area contributed by atoms with Crippen LogP contribution in [0, 0.1) is 0 Å². The van der Waals surface area contributed by atoms with Gasteiger partial charge in [0.1, 0.15) is 24.4 Å². The maximum absolute atomic E-state index is 13.0. The lowest BCUT2D eigenvalue weighted by Crippen LogP contribution is -2.60. The first-order valence-corrected chi connectivity index (χ1v) is 27.9. The van der Waals surface area contributed by atoms with Gasteiger partial charge in [0, 0.05) is 6.42 Å². The highest BCUT2D eigenvalue weighted by atomic mass is 16.7. The van der Waals surface area contributed by atoms with Crippen molar-refractivity contribution in [3.05, 3.63) is 48.6 Å². The van der Waals surface area contributed by atoms with E-state index in [1.165, 1.54) is 180 Å². The van der Waals surface area contributed by atoms with E-state index >= 15 is 0 Å². The zero-order chi connectivity index (χ0) is 48.0. The molecule has 66 heavy (non-hydrogen) atoms. The molecule has 0 aromatic heterocycles. The van der Waals surface area contributed by atoms with Gasteiger partial charge in [-0.1, -0.05) is 223 Å². The molecule has 386 valence electrons. The molecule has 0 bridgehead atoms. The van der Waals surface area contributed by atoms with Gasteiger partial charge in [-0.2, -0.15) is 0 Å². The average molecular weight is 932 g/mol. The lowest BCUT2D eigenvalue weighted by atomic mass is 9.99. The maximum atomic E-state index is 13.0. The number of hydrogen-bond donors (Lipinski definition) is 6. The molecule has 1 aliphatic heterocycles. The van der Waals surface area contributed by atoms with Gasteiger partial charge in [-0.15, -0.1) is 0 Å². The Morgan fingerprint density at radius 2 is 0.864 bits per heavy atom. The molecule has 1 fully saturated rings. The summed E-state index contributed by atoms with van der Waals surface area (Å²) in [7, 11) is 0. The van der Waals surface area contributed by atoms with E-state index in [0.717, 1.165) is 51.4 Å². The molecule has 1 saturated heterocycles. The van der Waals surface area contributed by atoms with Crippen molar-refractivity contribution < 1.29 is 39.8 Å². The smallest absolute Gasteiger partial charge is 0.220 e.